The molecule has 30 heavy (non-hydrogen) atoms. The second-order valence-electron chi connectivity index (χ2n) is 7.95. The fourth-order valence-electron chi connectivity index (χ4n) is 4.36. The number of carbonyl (C=O) groups excluding carboxylic acids is 1. The maximum Gasteiger partial charge on any atom is 0.238 e. The first-order chi connectivity index (χ1) is 14.6. The van der Waals surface area contributed by atoms with Gasteiger partial charge in [0.1, 0.15) is 22.3 Å². The van der Waals surface area contributed by atoms with Gasteiger partial charge in [0.25, 0.3) is 0 Å². The molecule has 1 N–H and O–H groups in total. The van der Waals surface area contributed by atoms with Crippen molar-refractivity contribution in [3.63, 3.8) is 0 Å². The average molecular weight is 426 g/mol. The Balaban J connectivity index is 1.25. The minimum absolute atomic E-state index is 0.0778. The molecule has 0 unspecified atom stereocenters. The zero-order valence-electron chi connectivity index (χ0n) is 16.9. The maximum absolute atomic E-state index is 13.0. The predicted molar refractivity (Wildman–Crippen MR) is 118 cm³/mol. The predicted octanol–water partition coefficient (Wildman–Crippen LogP) is 3.39. The van der Waals surface area contributed by atoms with E-state index in [9.17, 15) is 9.18 Å². The van der Waals surface area contributed by atoms with Crippen LogP contribution in [0.4, 0.5) is 15.9 Å². The lowest BCUT2D eigenvalue weighted by Gasteiger charge is -2.35. The second kappa shape index (κ2) is 7.92. The van der Waals surface area contributed by atoms with E-state index in [0.717, 1.165) is 55.5 Å². The smallest absolute Gasteiger partial charge is 0.238 e. The molecule has 1 fully saturated rings. The van der Waals surface area contributed by atoms with E-state index in [1.165, 1.54) is 34.4 Å². The summed E-state index contributed by atoms with van der Waals surface area (Å²) in [4.78, 5) is 28.9. The Hall–Kier alpha value is -2.58. The van der Waals surface area contributed by atoms with E-state index < -0.39 is 0 Å². The summed E-state index contributed by atoms with van der Waals surface area (Å²) >= 11 is 1.82. The van der Waals surface area contributed by atoms with Gasteiger partial charge in [0.05, 0.1) is 11.9 Å². The fourth-order valence-corrected chi connectivity index (χ4v) is 5.67. The third-order valence-electron chi connectivity index (χ3n) is 5.82. The molecule has 0 saturated carbocycles. The summed E-state index contributed by atoms with van der Waals surface area (Å²) in [5, 5.41) is 4.09. The van der Waals surface area contributed by atoms with Crippen LogP contribution in [0, 0.1) is 12.7 Å². The number of halogens is 1. The van der Waals surface area contributed by atoms with Crippen LogP contribution in [0.1, 0.15) is 22.7 Å². The number of aromatic nitrogens is 2. The van der Waals surface area contributed by atoms with E-state index in [-0.39, 0.29) is 11.7 Å². The number of nitrogens with one attached hydrogen (secondary N) is 1. The molecule has 1 aromatic carbocycles. The largest absolute Gasteiger partial charge is 0.353 e. The Morgan fingerprint density at radius 2 is 1.90 bits per heavy atom. The van der Waals surface area contributed by atoms with E-state index >= 15 is 0 Å². The molecule has 156 valence electrons. The monoisotopic (exact) mass is 425 g/mol. The Morgan fingerprint density at radius 3 is 2.67 bits per heavy atom. The number of anilines is 2. The van der Waals surface area contributed by atoms with E-state index in [4.69, 9.17) is 4.98 Å². The van der Waals surface area contributed by atoms with Gasteiger partial charge in [0.2, 0.25) is 5.91 Å². The van der Waals surface area contributed by atoms with Gasteiger partial charge in [-0.25, -0.2) is 14.4 Å². The molecule has 0 spiro atoms. The van der Waals surface area contributed by atoms with Gasteiger partial charge in [-0.3, -0.25) is 9.69 Å². The summed E-state index contributed by atoms with van der Waals surface area (Å²) in [6.45, 7) is 5.56. The van der Waals surface area contributed by atoms with Gasteiger partial charge in [0, 0.05) is 36.7 Å². The molecule has 5 rings (SSSR count). The highest BCUT2D eigenvalue weighted by Crippen LogP contribution is 2.40. The van der Waals surface area contributed by atoms with Gasteiger partial charge < -0.3 is 10.2 Å². The standard InChI is InChI=1S/C22H24FN5OS/c1-14-24-21(20-17-3-2-4-18(17)30-22(20)25-14)28-11-9-27(10-12-28)13-19(29)26-16-7-5-15(23)6-8-16/h5-8H,2-4,9-13H2,1H3,(H,26,29). The van der Waals surface area contributed by atoms with Crippen molar-refractivity contribution in [1.82, 2.24) is 14.9 Å². The summed E-state index contributed by atoms with van der Waals surface area (Å²) in [6, 6.07) is 5.85. The molecule has 1 saturated heterocycles. The first-order valence-corrected chi connectivity index (χ1v) is 11.2. The average Bonchev–Trinajstić information content (AvgIpc) is 3.30. The molecule has 2 aromatic heterocycles. The van der Waals surface area contributed by atoms with Gasteiger partial charge >= 0.3 is 0 Å². The molecule has 0 bridgehead atoms. The number of rotatable bonds is 4. The molecule has 8 heteroatoms. The SMILES string of the molecule is Cc1nc(N2CCN(CC(=O)Nc3ccc(F)cc3)CC2)c2c3c(sc2n1)CCC3. The lowest BCUT2D eigenvalue weighted by molar-refractivity contribution is -0.117. The van der Waals surface area contributed by atoms with Crippen LogP contribution in [0.2, 0.25) is 0 Å². The molecule has 2 aliphatic rings. The third-order valence-corrected chi connectivity index (χ3v) is 7.01. The minimum atomic E-state index is -0.311. The Labute approximate surface area is 178 Å². The molecular weight excluding hydrogens is 401 g/mol. The number of piperazine rings is 1. The van der Waals surface area contributed by atoms with E-state index in [2.05, 4.69) is 20.1 Å². The number of aryl methyl sites for hydroxylation is 3. The van der Waals surface area contributed by atoms with Gasteiger partial charge in [-0.05, 0) is 56.0 Å². The lowest BCUT2D eigenvalue weighted by atomic mass is 10.1. The number of fused-ring (bicyclic) bond motifs is 3. The van der Waals surface area contributed by atoms with E-state index in [0.29, 0.717) is 12.2 Å². The Morgan fingerprint density at radius 1 is 1.13 bits per heavy atom. The molecule has 1 amide bonds. The minimum Gasteiger partial charge on any atom is -0.353 e. The van der Waals surface area contributed by atoms with Crippen LogP contribution in [0.25, 0.3) is 10.2 Å². The fraction of sp³-hybridized carbons (Fsp3) is 0.409. The highest BCUT2D eigenvalue weighted by molar-refractivity contribution is 7.19. The molecule has 3 aromatic rings. The number of amides is 1. The molecule has 6 nitrogen and oxygen atoms in total. The topological polar surface area (TPSA) is 61.4 Å². The van der Waals surface area contributed by atoms with Gasteiger partial charge in [-0.1, -0.05) is 0 Å². The van der Waals surface area contributed by atoms with Crippen molar-refractivity contribution in [3.8, 4) is 0 Å². The normalized spacial score (nSPS) is 16.8. The summed E-state index contributed by atoms with van der Waals surface area (Å²) in [5.41, 5.74) is 2.07. The number of hydrogen-bond acceptors (Lipinski definition) is 6. The summed E-state index contributed by atoms with van der Waals surface area (Å²) in [5.74, 6) is 1.49. The van der Waals surface area contributed by atoms with Crippen LogP contribution in [-0.2, 0) is 17.6 Å². The summed E-state index contributed by atoms with van der Waals surface area (Å²) < 4.78 is 13.0. The van der Waals surface area contributed by atoms with Crippen molar-refractivity contribution < 1.29 is 9.18 Å². The molecular formula is C22H24FN5OS. The van der Waals surface area contributed by atoms with Crippen molar-refractivity contribution >= 4 is 39.0 Å². The highest BCUT2D eigenvalue weighted by atomic mass is 32.1. The van der Waals surface area contributed by atoms with Crippen LogP contribution in [0.3, 0.4) is 0 Å². The maximum atomic E-state index is 13.0. The molecule has 3 heterocycles. The van der Waals surface area contributed by atoms with E-state index in [1.807, 2.05) is 18.3 Å². The van der Waals surface area contributed by atoms with Crippen LogP contribution in [0.5, 0.6) is 0 Å². The van der Waals surface area contributed by atoms with Gasteiger partial charge in [-0.15, -0.1) is 11.3 Å². The van der Waals surface area contributed by atoms with Gasteiger partial charge in [-0.2, -0.15) is 0 Å². The number of carbonyl (C=O) groups is 1. The first-order valence-electron chi connectivity index (χ1n) is 10.4. The Kier molecular flexibility index (Phi) is 5.12. The zero-order valence-corrected chi connectivity index (χ0v) is 17.8. The number of benzene rings is 1. The quantitative estimate of drug-likeness (QED) is 0.694. The molecule has 0 radical (unpaired) electrons. The van der Waals surface area contributed by atoms with Crippen molar-refractivity contribution in [2.24, 2.45) is 0 Å². The zero-order chi connectivity index (χ0) is 20.7. The highest BCUT2D eigenvalue weighted by Gasteiger charge is 2.26. The number of nitrogens with zero attached hydrogens (tertiary/aromatic N) is 4. The Bertz CT molecular complexity index is 1090. The van der Waals surface area contributed by atoms with Crippen LogP contribution in [-0.4, -0.2) is 53.5 Å². The molecule has 0 atom stereocenters. The first kappa shape index (κ1) is 19.4. The molecule has 1 aliphatic carbocycles. The van der Waals surface area contributed by atoms with E-state index in [1.54, 1.807) is 12.1 Å². The third kappa shape index (κ3) is 3.77. The number of thiophene rings is 1. The second-order valence-corrected chi connectivity index (χ2v) is 9.03. The van der Waals surface area contributed by atoms with Crippen molar-refractivity contribution in [2.75, 3.05) is 42.9 Å². The van der Waals surface area contributed by atoms with Crippen LogP contribution in [0.15, 0.2) is 24.3 Å². The van der Waals surface area contributed by atoms with Gasteiger partial charge in [0.15, 0.2) is 0 Å². The summed E-state index contributed by atoms with van der Waals surface area (Å²) in [6.07, 6.45) is 3.51. The van der Waals surface area contributed by atoms with Crippen molar-refractivity contribution in [1.29, 1.82) is 0 Å². The lowest BCUT2D eigenvalue weighted by Crippen LogP contribution is -2.49. The van der Waals surface area contributed by atoms with Crippen molar-refractivity contribution in [2.45, 2.75) is 26.2 Å². The summed E-state index contributed by atoms with van der Waals surface area (Å²) in [7, 11) is 0. The van der Waals surface area contributed by atoms with Crippen molar-refractivity contribution in [3.05, 3.63) is 46.3 Å². The number of hydrogen-bond donors (Lipinski definition) is 1. The van der Waals surface area contributed by atoms with Crippen LogP contribution >= 0.6 is 11.3 Å². The van der Waals surface area contributed by atoms with Crippen LogP contribution < -0.4 is 10.2 Å². The molecule has 1 aliphatic heterocycles.